The van der Waals surface area contributed by atoms with Crippen LogP contribution in [0.5, 0.6) is 11.5 Å². The van der Waals surface area contributed by atoms with Crippen molar-refractivity contribution in [1.29, 1.82) is 0 Å². The molecule has 0 spiro atoms. The van der Waals surface area contributed by atoms with E-state index in [1.165, 1.54) is 19.1 Å². The summed E-state index contributed by atoms with van der Waals surface area (Å²) in [5, 5.41) is 0. The van der Waals surface area contributed by atoms with Crippen LogP contribution < -0.4 is 19.3 Å². The molecule has 2 fully saturated rings. The fourth-order valence-electron chi connectivity index (χ4n) is 4.05. The number of hydrogen-bond acceptors (Lipinski definition) is 6. The predicted molar refractivity (Wildman–Crippen MR) is 100 cm³/mol. The molecule has 1 aromatic rings. The number of carbonyl (C=O) groups excluding carboxylic acids is 3. The second kappa shape index (κ2) is 8.60. The number of likely N-dealkylation sites (tertiary alicyclic amines) is 1. The Morgan fingerprint density at radius 1 is 1.25 bits per heavy atom. The molecule has 0 bridgehead atoms. The number of piperidine rings is 1. The molecular weight excluding hydrogens is 364 g/mol. The van der Waals surface area contributed by atoms with E-state index in [4.69, 9.17) is 14.2 Å². The largest absolute Gasteiger partial charge is 0.497 e. The Labute approximate surface area is 164 Å². The van der Waals surface area contributed by atoms with Crippen LogP contribution >= 0.6 is 0 Å². The lowest BCUT2D eigenvalue weighted by molar-refractivity contribution is -0.922. The van der Waals surface area contributed by atoms with Crippen molar-refractivity contribution in [3.63, 3.8) is 0 Å². The van der Waals surface area contributed by atoms with E-state index in [2.05, 4.69) is 0 Å². The SMILES string of the molecule is CCOC(=O)[C@H]1CCC[NH+]([C@@H]2CC(=O)N(c3cc(OC)ccc3OC)C2=O)C1. The van der Waals surface area contributed by atoms with E-state index in [1.807, 2.05) is 0 Å². The Balaban J connectivity index is 1.81. The first-order valence-corrected chi connectivity index (χ1v) is 9.60. The maximum Gasteiger partial charge on any atom is 0.314 e. The van der Waals surface area contributed by atoms with Crippen molar-refractivity contribution in [2.75, 3.05) is 38.8 Å². The Bertz CT molecular complexity index is 765. The van der Waals surface area contributed by atoms with Crippen LogP contribution in [0.25, 0.3) is 0 Å². The second-order valence-electron chi connectivity index (χ2n) is 7.07. The Kier molecular flexibility index (Phi) is 6.18. The molecule has 1 unspecified atom stereocenters. The van der Waals surface area contributed by atoms with Crippen LogP contribution in [-0.4, -0.2) is 57.7 Å². The van der Waals surface area contributed by atoms with Crippen LogP contribution in [0, 0.1) is 5.92 Å². The summed E-state index contributed by atoms with van der Waals surface area (Å²) in [6, 6.07) is 4.52. The molecule has 1 aromatic carbocycles. The van der Waals surface area contributed by atoms with Gasteiger partial charge in [-0.2, -0.15) is 0 Å². The molecule has 0 radical (unpaired) electrons. The third-order valence-corrected chi connectivity index (χ3v) is 5.45. The predicted octanol–water partition coefficient (Wildman–Crippen LogP) is 0.194. The van der Waals surface area contributed by atoms with Crippen molar-refractivity contribution in [3.8, 4) is 11.5 Å². The lowest BCUT2D eigenvalue weighted by atomic mass is 9.96. The van der Waals surface area contributed by atoms with Crippen LogP contribution in [0.4, 0.5) is 5.69 Å². The molecule has 28 heavy (non-hydrogen) atoms. The van der Waals surface area contributed by atoms with E-state index in [0.29, 0.717) is 30.3 Å². The lowest BCUT2D eigenvalue weighted by Gasteiger charge is -2.31. The van der Waals surface area contributed by atoms with E-state index in [-0.39, 0.29) is 30.1 Å². The lowest BCUT2D eigenvalue weighted by Crippen LogP contribution is -3.18. The van der Waals surface area contributed by atoms with Gasteiger partial charge in [0.05, 0.1) is 46.0 Å². The van der Waals surface area contributed by atoms with Gasteiger partial charge in [-0.05, 0) is 31.9 Å². The van der Waals surface area contributed by atoms with Gasteiger partial charge in [0.15, 0.2) is 6.04 Å². The first kappa shape index (κ1) is 20.1. The first-order valence-electron chi connectivity index (χ1n) is 9.60. The van der Waals surface area contributed by atoms with Gasteiger partial charge in [0.2, 0.25) is 5.91 Å². The molecule has 2 amide bonds. The molecular formula is C20H27N2O6+. The molecule has 0 aromatic heterocycles. The standard InChI is InChI=1S/C20H26N2O6/c1-4-28-20(25)13-6-5-9-21(12-13)16-11-18(23)22(19(16)24)15-10-14(26-2)7-8-17(15)27-3/h7-8,10,13,16H,4-6,9,11-12H2,1-3H3/p+1/t13-,16+/m0/s1. The van der Waals surface area contributed by atoms with Crippen LogP contribution in [0.15, 0.2) is 18.2 Å². The minimum Gasteiger partial charge on any atom is -0.497 e. The molecule has 2 aliphatic rings. The number of carbonyl (C=O) groups is 3. The number of anilines is 1. The van der Waals surface area contributed by atoms with Gasteiger partial charge in [0, 0.05) is 6.07 Å². The number of methoxy groups -OCH3 is 2. The van der Waals surface area contributed by atoms with Gasteiger partial charge in [-0.3, -0.25) is 14.4 Å². The Morgan fingerprint density at radius 3 is 2.71 bits per heavy atom. The van der Waals surface area contributed by atoms with E-state index in [1.54, 1.807) is 25.1 Å². The van der Waals surface area contributed by atoms with E-state index in [0.717, 1.165) is 24.3 Å². The zero-order valence-electron chi connectivity index (χ0n) is 16.5. The van der Waals surface area contributed by atoms with Gasteiger partial charge in [-0.25, -0.2) is 4.90 Å². The summed E-state index contributed by atoms with van der Waals surface area (Å²) < 4.78 is 15.7. The molecule has 8 nitrogen and oxygen atoms in total. The molecule has 3 rings (SSSR count). The van der Waals surface area contributed by atoms with Gasteiger partial charge in [-0.15, -0.1) is 0 Å². The molecule has 1 N–H and O–H groups in total. The fraction of sp³-hybridized carbons (Fsp3) is 0.550. The highest BCUT2D eigenvalue weighted by Crippen LogP contribution is 2.35. The van der Waals surface area contributed by atoms with Gasteiger partial charge >= 0.3 is 5.97 Å². The van der Waals surface area contributed by atoms with Gasteiger partial charge in [0.25, 0.3) is 5.91 Å². The fourth-order valence-corrected chi connectivity index (χ4v) is 4.05. The Hall–Kier alpha value is -2.61. The van der Waals surface area contributed by atoms with Gasteiger partial charge in [0.1, 0.15) is 17.4 Å². The highest BCUT2D eigenvalue weighted by atomic mass is 16.5. The number of rotatable bonds is 6. The number of nitrogens with one attached hydrogen (secondary N) is 1. The number of nitrogens with zero attached hydrogens (tertiary/aromatic N) is 1. The minimum absolute atomic E-state index is 0.115. The van der Waals surface area contributed by atoms with E-state index in [9.17, 15) is 14.4 Å². The second-order valence-corrected chi connectivity index (χ2v) is 7.07. The summed E-state index contributed by atoms with van der Waals surface area (Å²) in [4.78, 5) is 40.2. The minimum atomic E-state index is -0.499. The zero-order valence-corrected chi connectivity index (χ0v) is 16.5. The first-order chi connectivity index (χ1) is 13.5. The zero-order chi connectivity index (χ0) is 20.3. The van der Waals surface area contributed by atoms with Crippen LogP contribution in [0.1, 0.15) is 26.2 Å². The summed E-state index contributed by atoms with van der Waals surface area (Å²) in [6.45, 7) is 3.38. The van der Waals surface area contributed by atoms with Crippen LogP contribution in [0.3, 0.4) is 0 Å². The van der Waals surface area contributed by atoms with Crippen LogP contribution in [-0.2, 0) is 19.1 Å². The summed E-state index contributed by atoms with van der Waals surface area (Å²) in [5.41, 5.74) is 0.387. The van der Waals surface area contributed by atoms with Crippen molar-refractivity contribution < 1.29 is 33.5 Å². The summed E-state index contributed by atoms with van der Waals surface area (Å²) in [6.07, 6.45) is 1.69. The molecule has 0 saturated carbocycles. The van der Waals surface area contributed by atoms with Crippen molar-refractivity contribution in [1.82, 2.24) is 0 Å². The molecule has 152 valence electrons. The number of esters is 1. The molecule has 0 aliphatic carbocycles. The number of benzene rings is 1. The topological polar surface area (TPSA) is 86.6 Å². The molecule has 2 saturated heterocycles. The third-order valence-electron chi connectivity index (χ3n) is 5.45. The smallest absolute Gasteiger partial charge is 0.314 e. The Morgan fingerprint density at radius 2 is 2.04 bits per heavy atom. The normalized spacial score (nSPS) is 25.0. The van der Waals surface area contributed by atoms with E-state index < -0.39 is 6.04 Å². The highest BCUT2D eigenvalue weighted by molar-refractivity contribution is 6.22. The van der Waals surface area contributed by atoms with Gasteiger partial charge in [-0.1, -0.05) is 0 Å². The maximum absolute atomic E-state index is 13.2. The molecule has 2 heterocycles. The van der Waals surface area contributed by atoms with Crippen molar-refractivity contribution in [2.24, 2.45) is 5.92 Å². The number of imide groups is 1. The number of hydrogen-bond donors (Lipinski definition) is 1. The number of amides is 2. The highest BCUT2D eigenvalue weighted by Gasteiger charge is 2.48. The number of quaternary nitrogens is 1. The van der Waals surface area contributed by atoms with Gasteiger partial charge < -0.3 is 19.1 Å². The van der Waals surface area contributed by atoms with Crippen LogP contribution in [0.2, 0.25) is 0 Å². The molecule has 8 heteroatoms. The quantitative estimate of drug-likeness (QED) is 0.551. The van der Waals surface area contributed by atoms with E-state index >= 15 is 0 Å². The number of ether oxygens (including phenoxy) is 3. The third kappa shape index (κ3) is 3.82. The average Bonchev–Trinajstić information content (AvgIpc) is 3.01. The molecule has 2 aliphatic heterocycles. The summed E-state index contributed by atoms with van der Waals surface area (Å²) in [7, 11) is 3.02. The van der Waals surface area contributed by atoms with Crippen molar-refractivity contribution >= 4 is 23.5 Å². The average molecular weight is 391 g/mol. The summed E-state index contributed by atoms with van der Waals surface area (Å²) >= 11 is 0. The monoisotopic (exact) mass is 391 g/mol. The molecule has 3 atom stereocenters. The van der Waals surface area contributed by atoms with Crippen molar-refractivity contribution in [2.45, 2.75) is 32.2 Å². The summed E-state index contributed by atoms with van der Waals surface area (Å²) in [5.74, 6) is -0.0214. The van der Waals surface area contributed by atoms with Crippen molar-refractivity contribution in [3.05, 3.63) is 18.2 Å². The maximum atomic E-state index is 13.2.